The Labute approximate surface area is 91.0 Å². The van der Waals surface area contributed by atoms with Crippen LogP contribution in [-0.2, 0) is 6.54 Å². The quantitative estimate of drug-likeness (QED) is 0.695. The lowest BCUT2D eigenvalue weighted by molar-refractivity contribution is 0.537. The topological polar surface area (TPSA) is 41.3 Å². The van der Waals surface area contributed by atoms with Gasteiger partial charge in [0.15, 0.2) is 0 Å². The third-order valence-electron chi connectivity index (χ3n) is 2.01. The van der Waals surface area contributed by atoms with Crippen molar-refractivity contribution in [2.45, 2.75) is 19.9 Å². The second-order valence-electron chi connectivity index (χ2n) is 3.39. The van der Waals surface area contributed by atoms with Gasteiger partial charge in [0.1, 0.15) is 6.26 Å². The summed E-state index contributed by atoms with van der Waals surface area (Å²) in [5, 5.41) is 3.04. The summed E-state index contributed by atoms with van der Waals surface area (Å²) in [6, 6.07) is 0.682. The van der Waals surface area contributed by atoms with Gasteiger partial charge in [-0.05, 0) is 13.5 Å². The van der Waals surface area contributed by atoms with E-state index in [2.05, 4.69) is 28.7 Å². The normalized spacial score (nSPS) is 10.3. The molecule has 0 aliphatic carbocycles. The van der Waals surface area contributed by atoms with Gasteiger partial charge >= 0.3 is 0 Å². The average Bonchev–Trinajstić information content (AvgIpc) is 2.67. The summed E-state index contributed by atoms with van der Waals surface area (Å²) in [5.74, 6) is 0. The van der Waals surface area contributed by atoms with E-state index in [4.69, 9.17) is 4.42 Å². The van der Waals surface area contributed by atoms with Gasteiger partial charge in [-0.25, -0.2) is 0 Å². The number of nitrogens with zero attached hydrogens (tertiary/aromatic N) is 2. The molecule has 0 aliphatic heterocycles. The first-order valence-corrected chi connectivity index (χ1v) is 5.26. The minimum Gasteiger partial charge on any atom is -0.432 e. The zero-order valence-electron chi connectivity index (χ0n) is 9.49. The summed E-state index contributed by atoms with van der Waals surface area (Å²) in [6.45, 7) is 8.30. The summed E-state index contributed by atoms with van der Waals surface area (Å²) in [4.78, 5) is 6.46. The van der Waals surface area contributed by atoms with E-state index in [0.717, 1.165) is 31.7 Å². The Morgan fingerprint density at radius 3 is 3.07 bits per heavy atom. The van der Waals surface area contributed by atoms with Crippen molar-refractivity contribution in [3.05, 3.63) is 24.6 Å². The second kappa shape index (κ2) is 6.24. The van der Waals surface area contributed by atoms with Crippen LogP contribution < -0.4 is 10.2 Å². The Morgan fingerprint density at radius 1 is 1.67 bits per heavy atom. The number of aromatic nitrogens is 1. The van der Waals surface area contributed by atoms with Gasteiger partial charge in [-0.3, -0.25) is 0 Å². The van der Waals surface area contributed by atoms with Gasteiger partial charge in [0, 0.05) is 19.6 Å². The van der Waals surface area contributed by atoms with Crippen molar-refractivity contribution in [3.8, 4) is 0 Å². The largest absolute Gasteiger partial charge is 0.432 e. The Balaban J connectivity index is 2.67. The molecule has 0 atom stereocenters. The maximum atomic E-state index is 5.41. The van der Waals surface area contributed by atoms with Crippen LogP contribution in [0.3, 0.4) is 0 Å². The molecule has 0 fully saturated rings. The van der Waals surface area contributed by atoms with E-state index < -0.39 is 0 Å². The molecule has 84 valence electrons. The minimum absolute atomic E-state index is 0.682. The fraction of sp³-hybridized carbons (Fsp3) is 0.545. The highest BCUT2D eigenvalue weighted by Gasteiger charge is 2.10. The van der Waals surface area contributed by atoms with E-state index in [1.165, 1.54) is 0 Å². The van der Waals surface area contributed by atoms with Crippen LogP contribution in [0.5, 0.6) is 0 Å². The molecule has 1 heterocycles. The maximum Gasteiger partial charge on any atom is 0.297 e. The molecule has 4 heteroatoms. The second-order valence-corrected chi connectivity index (χ2v) is 3.39. The molecular formula is C11H19N3O. The molecule has 0 amide bonds. The molecule has 1 aromatic rings. The SMILES string of the molecule is C=CCN(CCC)c1nc(CNC)co1. The molecule has 0 aliphatic rings. The summed E-state index contributed by atoms with van der Waals surface area (Å²) < 4.78 is 5.41. The standard InChI is InChI=1S/C11H19N3O/c1-4-6-14(7-5-2)11-13-10(8-12-3)9-15-11/h4,9,12H,1,5-8H2,2-3H3. The molecule has 1 N–H and O–H groups in total. The molecule has 15 heavy (non-hydrogen) atoms. The van der Waals surface area contributed by atoms with Gasteiger partial charge in [-0.1, -0.05) is 13.0 Å². The van der Waals surface area contributed by atoms with E-state index in [0.29, 0.717) is 6.01 Å². The van der Waals surface area contributed by atoms with Crippen LogP contribution in [-0.4, -0.2) is 25.1 Å². The first kappa shape index (κ1) is 11.8. The molecule has 0 saturated heterocycles. The van der Waals surface area contributed by atoms with Crippen LogP contribution in [0.15, 0.2) is 23.3 Å². The van der Waals surface area contributed by atoms with Crippen molar-refractivity contribution < 1.29 is 4.42 Å². The smallest absolute Gasteiger partial charge is 0.297 e. The molecule has 0 aromatic carbocycles. The third kappa shape index (κ3) is 3.40. The molecule has 1 aromatic heterocycles. The summed E-state index contributed by atoms with van der Waals surface area (Å²) in [7, 11) is 1.89. The van der Waals surface area contributed by atoms with E-state index in [9.17, 15) is 0 Å². The Morgan fingerprint density at radius 2 is 2.47 bits per heavy atom. The lowest BCUT2D eigenvalue weighted by atomic mass is 10.4. The molecule has 0 unspecified atom stereocenters. The predicted octanol–water partition coefficient (Wildman–Crippen LogP) is 1.80. The van der Waals surface area contributed by atoms with Crippen molar-refractivity contribution in [2.24, 2.45) is 0 Å². The highest BCUT2D eigenvalue weighted by molar-refractivity contribution is 5.28. The van der Waals surface area contributed by atoms with Crippen LogP contribution in [0, 0.1) is 0 Å². The predicted molar refractivity (Wildman–Crippen MR) is 62.0 cm³/mol. The lowest BCUT2D eigenvalue weighted by Gasteiger charge is -2.17. The van der Waals surface area contributed by atoms with Crippen LogP contribution in [0.2, 0.25) is 0 Å². The number of hydrogen-bond acceptors (Lipinski definition) is 4. The fourth-order valence-corrected chi connectivity index (χ4v) is 1.39. The Kier molecular flexibility index (Phi) is 4.90. The van der Waals surface area contributed by atoms with Gasteiger partial charge in [0.05, 0.1) is 5.69 Å². The number of anilines is 1. The first-order chi connectivity index (χ1) is 7.31. The van der Waals surface area contributed by atoms with Crippen LogP contribution in [0.1, 0.15) is 19.0 Å². The van der Waals surface area contributed by atoms with Crippen molar-refractivity contribution in [3.63, 3.8) is 0 Å². The lowest BCUT2D eigenvalue weighted by Crippen LogP contribution is -2.24. The summed E-state index contributed by atoms with van der Waals surface area (Å²) in [5.41, 5.74) is 0.928. The van der Waals surface area contributed by atoms with E-state index in [1.54, 1.807) is 6.26 Å². The molecular weight excluding hydrogens is 190 g/mol. The van der Waals surface area contributed by atoms with Crippen molar-refractivity contribution in [1.82, 2.24) is 10.3 Å². The summed E-state index contributed by atoms with van der Waals surface area (Å²) in [6.07, 6.45) is 4.62. The van der Waals surface area contributed by atoms with E-state index in [-0.39, 0.29) is 0 Å². The monoisotopic (exact) mass is 209 g/mol. The van der Waals surface area contributed by atoms with Gasteiger partial charge in [-0.2, -0.15) is 4.98 Å². The molecule has 0 spiro atoms. The van der Waals surface area contributed by atoms with Gasteiger partial charge in [0.25, 0.3) is 6.01 Å². The molecule has 4 nitrogen and oxygen atoms in total. The summed E-state index contributed by atoms with van der Waals surface area (Å²) >= 11 is 0. The maximum absolute atomic E-state index is 5.41. The molecule has 1 rings (SSSR count). The van der Waals surface area contributed by atoms with Crippen molar-refractivity contribution in [2.75, 3.05) is 25.0 Å². The minimum atomic E-state index is 0.682. The van der Waals surface area contributed by atoms with Crippen molar-refractivity contribution in [1.29, 1.82) is 0 Å². The van der Waals surface area contributed by atoms with Crippen LogP contribution in [0.25, 0.3) is 0 Å². The molecule has 0 saturated carbocycles. The zero-order valence-corrected chi connectivity index (χ0v) is 9.49. The van der Waals surface area contributed by atoms with Gasteiger partial charge in [0.2, 0.25) is 0 Å². The highest BCUT2D eigenvalue weighted by atomic mass is 16.4. The molecule has 0 radical (unpaired) electrons. The number of oxazole rings is 1. The number of hydrogen-bond donors (Lipinski definition) is 1. The van der Waals surface area contributed by atoms with Crippen molar-refractivity contribution >= 4 is 6.01 Å². The van der Waals surface area contributed by atoms with Crippen LogP contribution >= 0.6 is 0 Å². The fourth-order valence-electron chi connectivity index (χ4n) is 1.39. The van der Waals surface area contributed by atoms with E-state index >= 15 is 0 Å². The first-order valence-electron chi connectivity index (χ1n) is 5.26. The van der Waals surface area contributed by atoms with Gasteiger partial charge < -0.3 is 14.6 Å². The van der Waals surface area contributed by atoms with Gasteiger partial charge in [-0.15, -0.1) is 6.58 Å². The van der Waals surface area contributed by atoms with Crippen LogP contribution in [0.4, 0.5) is 6.01 Å². The Bertz CT molecular complexity index is 296. The number of rotatable bonds is 7. The zero-order chi connectivity index (χ0) is 11.1. The Hall–Kier alpha value is -1.29. The number of nitrogens with one attached hydrogen (secondary N) is 1. The van der Waals surface area contributed by atoms with E-state index in [1.807, 2.05) is 13.1 Å². The third-order valence-corrected chi connectivity index (χ3v) is 2.01. The highest BCUT2D eigenvalue weighted by Crippen LogP contribution is 2.13. The molecule has 0 bridgehead atoms. The average molecular weight is 209 g/mol.